The van der Waals surface area contributed by atoms with Crippen molar-refractivity contribution in [2.75, 3.05) is 10.0 Å². The number of rotatable bonds is 6. The van der Waals surface area contributed by atoms with E-state index in [1.807, 2.05) is 30.3 Å². The van der Waals surface area contributed by atoms with Crippen LogP contribution < -0.4 is 10.0 Å². The van der Waals surface area contributed by atoms with Gasteiger partial charge in [0.15, 0.2) is 5.82 Å². The van der Waals surface area contributed by atoms with E-state index < -0.39 is 15.8 Å². The Labute approximate surface area is 151 Å². The summed E-state index contributed by atoms with van der Waals surface area (Å²) in [6.07, 6.45) is 0. The first-order chi connectivity index (χ1) is 12.4. The Morgan fingerprint density at radius 1 is 0.962 bits per heavy atom. The van der Waals surface area contributed by atoms with Crippen molar-refractivity contribution in [2.24, 2.45) is 0 Å². The molecule has 26 heavy (non-hydrogen) atoms. The summed E-state index contributed by atoms with van der Waals surface area (Å²) in [6.45, 7) is 2.11. The standard InChI is InChI=1S/C18H17FN4O2S/c1-13-11-15(19)7-8-16(13)26(24,25)23-18-10-9-17(21-22-18)20-12-14-5-3-2-4-6-14/h2-11H,12H2,1H3,(H,20,21)(H,22,23). The molecule has 0 aliphatic heterocycles. The highest BCUT2D eigenvalue weighted by Gasteiger charge is 2.18. The summed E-state index contributed by atoms with van der Waals surface area (Å²) < 4.78 is 40.3. The van der Waals surface area contributed by atoms with Crippen molar-refractivity contribution < 1.29 is 12.8 Å². The van der Waals surface area contributed by atoms with Crippen LogP contribution in [0.1, 0.15) is 11.1 Å². The van der Waals surface area contributed by atoms with E-state index in [0.29, 0.717) is 17.9 Å². The maximum Gasteiger partial charge on any atom is 0.263 e. The van der Waals surface area contributed by atoms with Gasteiger partial charge in [0, 0.05) is 6.54 Å². The summed E-state index contributed by atoms with van der Waals surface area (Å²) in [5.41, 5.74) is 1.40. The van der Waals surface area contributed by atoms with Gasteiger partial charge in [-0.2, -0.15) is 0 Å². The van der Waals surface area contributed by atoms with Crippen molar-refractivity contribution in [1.82, 2.24) is 10.2 Å². The number of halogens is 1. The van der Waals surface area contributed by atoms with Gasteiger partial charge in [0.05, 0.1) is 4.90 Å². The second kappa shape index (κ2) is 7.49. The second-order valence-electron chi connectivity index (χ2n) is 5.66. The minimum atomic E-state index is -3.87. The highest BCUT2D eigenvalue weighted by molar-refractivity contribution is 7.92. The molecular formula is C18H17FN4O2S. The van der Waals surface area contributed by atoms with E-state index in [-0.39, 0.29) is 10.7 Å². The van der Waals surface area contributed by atoms with Crippen LogP contribution in [0.5, 0.6) is 0 Å². The number of benzene rings is 2. The molecular weight excluding hydrogens is 355 g/mol. The fraction of sp³-hybridized carbons (Fsp3) is 0.111. The number of hydrogen-bond donors (Lipinski definition) is 2. The number of nitrogens with zero attached hydrogens (tertiary/aromatic N) is 2. The van der Waals surface area contributed by atoms with Gasteiger partial charge in [0.25, 0.3) is 10.0 Å². The normalized spacial score (nSPS) is 11.2. The third kappa shape index (κ3) is 4.34. The number of hydrogen-bond acceptors (Lipinski definition) is 5. The van der Waals surface area contributed by atoms with Crippen LogP contribution >= 0.6 is 0 Å². The molecule has 0 spiro atoms. The van der Waals surface area contributed by atoms with Gasteiger partial charge < -0.3 is 5.32 Å². The Kier molecular flexibility index (Phi) is 5.13. The summed E-state index contributed by atoms with van der Waals surface area (Å²) in [6, 6.07) is 16.4. The summed E-state index contributed by atoms with van der Waals surface area (Å²) in [7, 11) is -3.87. The van der Waals surface area contributed by atoms with E-state index in [2.05, 4.69) is 20.2 Å². The number of aryl methyl sites for hydroxylation is 1. The molecule has 0 aliphatic rings. The molecule has 0 amide bonds. The van der Waals surface area contributed by atoms with Crippen LogP contribution in [0.2, 0.25) is 0 Å². The van der Waals surface area contributed by atoms with Gasteiger partial charge in [0.2, 0.25) is 0 Å². The first-order valence-electron chi connectivity index (χ1n) is 7.84. The molecule has 134 valence electrons. The van der Waals surface area contributed by atoms with Gasteiger partial charge in [-0.1, -0.05) is 30.3 Å². The molecule has 8 heteroatoms. The molecule has 0 radical (unpaired) electrons. The van der Waals surface area contributed by atoms with Crippen molar-refractivity contribution in [3.05, 3.63) is 77.6 Å². The lowest BCUT2D eigenvalue weighted by molar-refractivity contribution is 0.598. The van der Waals surface area contributed by atoms with E-state index >= 15 is 0 Å². The smallest absolute Gasteiger partial charge is 0.263 e. The predicted octanol–water partition coefficient (Wildman–Crippen LogP) is 3.34. The Hall–Kier alpha value is -3.00. The monoisotopic (exact) mass is 372 g/mol. The van der Waals surface area contributed by atoms with Gasteiger partial charge in [-0.15, -0.1) is 10.2 Å². The summed E-state index contributed by atoms with van der Waals surface area (Å²) in [5.74, 6) is 0.115. The maximum absolute atomic E-state index is 13.2. The van der Waals surface area contributed by atoms with E-state index in [1.54, 1.807) is 6.07 Å². The zero-order valence-electron chi connectivity index (χ0n) is 14.0. The minimum absolute atomic E-state index is 0.00743. The largest absolute Gasteiger partial charge is 0.365 e. The zero-order chi connectivity index (χ0) is 18.6. The summed E-state index contributed by atoms with van der Waals surface area (Å²) >= 11 is 0. The van der Waals surface area contributed by atoms with Crippen LogP contribution in [0.3, 0.4) is 0 Å². The Bertz CT molecular complexity index is 993. The lowest BCUT2D eigenvalue weighted by Gasteiger charge is -2.10. The molecule has 0 unspecified atom stereocenters. The van der Waals surface area contributed by atoms with E-state index in [9.17, 15) is 12.8 Å². The number of sulfonamides is 1. The quantitative estimate of drug-likeness (QED) is 0.693. The van der Waals surface area contributed by atoms with E-state index in [0.717, 1.165) is 17.7 Å². The van der Waals surface area contributed by atoms with Gasteiger partial charge in [0.1, 0.15) is 11.6 Å². The lowest BCUT2D eigenvalue weighted by atomic mass is 10.2. The average Bonchev–Trinajstić information content (AvgIpc) is 2.61. The molecule has 0 saturated heterocycles. The van der Waals surface area contributed by atoms with Crippen molar-refractivity contribution in [1.29, 1.82) is 0 Å². The van der Waals surface area contributed by atoms with Crippen molar-refractivity contribution in [3.8, 4) is 0 Å². The SMILES string of the molecule is Cc1cc(F)ccc1S(=O)(=O)Nc1ccc(NCc2ccccc2)nn1. The Balaban J connectivity index is 1.68. The average molecular weight is 372 g/mol. The van der Waals surface area contributed by atoms with Crippen LogP contribution in [0.4, 0.5) is 16.0 Å². The molecule has 0 fully saturated rings. The molecule has 0 saturated carbocycles. The highest BCUT2D eigenvalue weighted by Crippen LogP contribution is 2.19. The third-order valence-electron chi connectivity index (χ3n) is 3.65. The van der Waals surface area contributed by atoms with Crippen LogP contribution in [0, 0.1) is 12.7 Å². The molecule has 2 aromatic carbocycles. The molecule has 1 aromatic heterocycles. The van der Waals surface area contributed by atoms with Crippen LogP contribution in [0.25, 0.3) is 0 Å². The molecule has 6 nitrogen and oxygen atoms in total. The van der Waals surface area contributed by atoms with Crippen molar-refractivity contribution >= 4 is 21.7 Å². The molecule has 3 rings (SSSR count). The van der Waals surface area contributed by atoms with Gasteiger partial charge in [-0.05, 0) is 48.4 Å². The Morgan fingerprint density at radius 3 is 2.31 bits per heavy atom. The molecule has 2 N–H and O–H groups in total. The maximum atomic E-state index is 13.2. The number of anilines is 2. The van der Waals surface area contributed by atoms with Crippen molar-refractivity contribution in [3.63, 3.8) is 0 Å². The highest BCUT2D eigenvalue weighted by atomic mass is 32.2. The predicted molar refractivity (Wildman–Crippen MR) is 97.7 cm³/mol. The molecule has 0 aliphatic carbocycles. The van der Waals surface area contributed by atoms with Crippen LogP contribution in [0.15, 0.2) is 65.6 Å². The van der Waals surface area contributed by atoms with Gasteiger partial charge >= 0.3 is 0 Å². The number of aromatic nitrogens is 2. The van der Waals surface area contributed by atoms with Crippen LogP contribution in [-0.4, -0.2) is 18.6 Å². The molecule has 0 atom stereocenters. The Morgan fingerprint density at radius 2 is 1.65 bits per heavy atom. The third-order valence-corrected chi connectivity index (χ3v) is 5.16. The first-order valence-corrected chi connectivity index (χ1v) is 9.33. The zero-order valence-corrected chi connectivity index (χ0v) is 14.8. The fourth-order valence-electron chi connectivity index (χ4n) is 2.38. The topological polar surface area (TPSA) is 84.0 Å². The summed E-state index contributed by atoms with van der Waals surface area (Å²) in [4.78, 5) is -0.00743. The number of nitrogens with one attached hydrogen (secondary N) is 2. The minimum Gasteiger partial charge on any atom is -0.365 e. The van der Waals surface area contributed by atoms with E-state index in [1.165, 1.54) is 19.1 Å². The molecule has 1 heterocycles. The second-order valence-corrected chi connectivity index (χ2v) is 7.31. The first kappa shape index (κ1) is 17.8. The summed E-state index contributed by atoms with van der Waals surface area (Å²) in [5, 5.41) is 10.9. The molecule has 3 aromatic rings. The van der Waals surface area contributed by atoms with Crippen LogP contribution in [-0.2, 0) is 16.6 Å². The lowest BCUT2D eigenvalue weighted by Crippen LogP contribution is -2.16. The van der Waals surface area contributed by atoms with Crippen molar-refractivity contribution in [2.45, 2.75) is 18.4 Å². The fourth-order valence-corrected chi connectivity index (χ4v) is 3.60. The van der Waals surface area contributed by atoms with Gasteiger partial charge in [-0.3, -0.25) is 4.72 Å². The van der Waals surface area contributed by atoms with Gasteiger partial charge in [-0.25, -0.2) is 12.8 Å². The van der Waals surface area contributed by atoms with E-state index in [4.69, 9.17) is 0 Å². The molecule has 0 bridgehead atoms.